The monoisotopic (exact) mass is 535 g/mol. The molecule has 4 aromatic rings. The third-order valence-corrected chi connectivity index (χ3v) is 7.86. The number of hydrogen-bond donors (Lipinski definition) is 2. The van der Waals surface area contributed by atoms with E-state index in [1.165, 1.54) is 10.6 Å². The molecule has 1 fully saturated rings. The number of benzene rings is 2. The van der Waals surface area contributed by atoms with Crippen molar-refractivity contribution < 1.29 is 13.2 Å². The highest BCUT2D eigenvalue weighted by atomic mass is 32.2. The van der Waals surface area contributed by atoms with E-state index >= 15 is 0 Å². The molecule has 2 aromatic carbocycles. The number of hydrogen-bond acceptors (Lipinski definition) is 8. The molecule has 38 heavy (non-hydrogen) atoms. The number of nitrogens with one attached hydrogen (secondary N) is 2. The van der Waals surface area contributed by atoms with Gasteiger partial charge < -0.3 is 19.9 Å². The van der Waals surface area contributed by atoms with E-state index in [-0.39, 0.29) is 0 Å². The number of fused-ring (bicyclic) bond motifs is 1. The average molecular weight is 536 g/mol. The highest BCUT2D eigenvalue weighted by Crippen LogP contribution is 2.25. The Morgan fingerprint density at radius 1 is 1.08 bits per heavy atom. The molecule has 0 spiro atoms. The summed E-state index contributed by atoms with van der Waals surface area (Å²) in [6.07, 6.45) is 4.92. The van der Waals surface area contributed by atoms with Gasteiger partial charge in [-0.3, -0.25) is 9.21 Å². The van der Waals surface area contributed by atoms with E-state index in [1.54, 1.807) is 13.2 Å². The summed E-state index contributed by atoms with van der Waals surface area (Å²) in [5.74, 6) is 1.31. The molecule has 11 heteroatoms. The van der Waals surface area contributed by atoms with E-state index in [0.717, 1.165) is 60.8 Å². The Labute approximate surface area is 223 Å². The topological polar surface area (TPSA) is 105 Å². The zero-order chi connectivity index (χ0) is 26.5. The van der Waals surface area contributed by atoms with Crippen molar-refractivity contribution in [1.82, 2.24) is 24.8 Å². The van der Waals surface area contributed by atoms with Gasteiger partial charge in [-0.15, -0.1) is 0 Å². The molecule has 0 radical (unpaired) electrons. The SMILES string of the molecule is CN(c1ccccc1Cn1ccc2cnc(Nc3ccc(OCCN4CCNCC4)cc3)nc21)S(C)(=O)=O. The fourth-order valence-electron chi connectivity index (χ4n) is 4.46. The lowest BCUT2D eigenvalue weighted by Crippen LogP contribution is -2.44. The van der Waals surface area contributed by atoms with Crippen molar-refractivity contribution >= 4 is 38.4 Å². The maximum absolute atomic E-state index is 12.1. The van der Waals surface area contributed by atoms with Gasteiger partial charge in [-0.1, -0.05) is 18.2 Å². The van der Waals surface area contributed by atoms with Gasteiger partial charge >= 0.3 is 0 Å². The molecule has 0 unspecified atom stereocenters. The molecular formula is C27H33N7O3S. The molecule has 1 aliphatic rings. The van der Waals surface area contributed by atoms with Crippen LogP contribution in [0.5, 0.6) is 5.75 Å². The number of sulfonamides is 1. The molecule has 10 nitrogen and oxygen atoms in total. The summed E-state index contributed by atoms with van der Waals surface area (Å²) in [5.41, 5.74) is 3.13. The van der Waals surface area contributed by atoms with Crippen molar-refractivity contribution in [3.05, 3.63) is 72.6 Å². The molecule has 1 aliphatic heterocycles. The van der Waals surface area contributed by atoms with Crippen molar-refractivity contribution in [3.8, 4) is 5.75 Å². The molecule has 2 aromatic heterocycles. The van der Waals surface area contributed by atoms with Crippen LogP contribution >= 0.6 is 0 Å². The van der Waals surface area contributed by atoms with Crippen molar-refractivity contribution in [2.24, 2.45) is 0 Å². The molecule has 0 amide bonds. The molecule has 0 atom stereocenters. The van der Waals surface area contributed by atoms with Crippen molar-refractivity contribution in [2.45, 2.75) is 6.54 Å². The van der Waals surface area contributed by atoms with Crippen LogP contribution < -0.4 is 19.7 Å². The van der Waals surface area contributed by atoms with Crippen LogP contribution in [0, 0.1) is 0 Å². The third kappa shape index (κ3) is 6.24. The lowest BCUT2D eigenvalue weighted by atomic mass is 10.2. The summed E-state index contributed by atoms with van der Waals surface area (Å²) in [7, 11) is -1.82. The predicted molar refractivity (Wildman–Crippen MR) is 151 cm³/mol. The van der Waals surface area contributed by atoms with Crippen molar-refractivity contribution in [3.63, 3.8) is 0 Å². The standard InChI is InChI=1S/C27H33N7O3S/c1-32(38(2,35)36)25-6-4-3-5-22(25)20-34-14-11-21-19-29-27(31-26(21)34)30-23-7-9-24(10-8-23)37-18-17-33-15-12-28-13-16-33/h3-11,14,19,28H,12-13,15-18,20H2,1-2H3,(H,29,30,31). The molecule has 5 rings (SSSR count). The Morgan fingerprint density at radius 3 is 2.61 bits per heavy atom. The summed E-state index contributed by atoms with van der Waals surface area (Å²) in [6, 6.07) is 17.2. The Hall–Kier alpha value is -3.67. The lowest BCUT2D eigenvalue weighted by Gasteiger charge is -2.26. The van der Waals surface area contributed by atoms with Crippen LogP contribution in [0.3, 0.4) is 0 Å². The number of para-hydroxylation sites is 1. The second kappa shape index (κ2) is 11.4. The minimum Gasteiger partial charge on any atom is -0.492 e. The van der Waals surface area contributed by atoms with Crippen LogP contribution in [0.25, 0.3) is 11.0 Å². The van der Waals surface area contributed by atoms with Crippen LogP contribution in [0.15, 0.2) is 67.0 Å². The summed E-state index contributed by atoms with van der Waals surface area (Å²) >= 11 is 0. The van der Waals surface area contributed by atoms with E-state index in [1.807, 2.05) is 65.4 Å². The minimum atomic E-state index is -3.38. The third-order valence-electron chi connectivity index (χ3n) is 6.67. The van der Waals surface area contributed by atoms with E-state index in [4.69, 9.17) is 9.72 Å². The Balaban J connectivity index is 1.26. The first kappa shape index (κ1) is 26.0. The number of piperazine rings is 1. The van der Waals surface area contributed by atoms with Gasteiger partial charge in [0.25, 0.3) is 0 Å². The number of aromatic nitrogens is 3. The molecule has 3 heterocycles. The van der Waals surface area contributed by atoms with E-state index in [9.17, 15) is 8.42 Å². The highest BCUT2D eigenvalue weighted by molar-refractivity contribution is 7.92. The van der Waals surface area contributed by atoms with Crippen LogP contribution in [-0.2, 0) is 16.6 Å². The van der Waals surface area contributed by atoms with Gasteiger partial charge in [-0.2, -0.15) is 4.98 Å². The predicted octanol–water partition coefficient (Wildman–Crippen LogP) is 2.90. The quantitative estimate of drug-likeness (QED) is 0.320. The van der Waals surface area contributed by atoms with E-state index < -0.39 is 10.0 Å². The molecule has 2 N–H and O–H groups in total. The fourth-order valence-corrected chi connectivity index (χ4v) is 5.00. The first-order valence-electron chi connectivity index (χ1n) is 12.6. The molecular weight excluding hydrogens is 502 g/mol. The summed E-state index contributed by atoms with van der Waals surface area (Å²) < 4.78 is 33.5. The molecule has 0 bridgehead atoms. The van der Waals surface area contributed by atoms with Crippen LogP contribution in [0.2, 0.25) is 0 Å². The van der Waals surface area contributed by atoms with Crippen molar-refractivity contribution in [2.75, 3.05) is 62.3 Å². The van der Waals surface area contributed by atoms with E-state index in [0.29, 0.717) is 24.8 Å². The van der Waals surface area contributed by atoms with Gasteiger partial charge in [-0.05, 0) is 42.0 Å². The number of rotatable bonds is 10. The first-order chi connectivity index (χ1) is 18.4. The van der Waals surface area contributed by atoms with Gasteiger partial charge in [0.15, 0.2) is 0 Å². The van der Waals surface area contributed by atoms with Gasteiger partial charge in [-0.25, -0.2) is 13.4 Å². The molecule has 200 valence electrons. The molecule has 0 aliphatic carbocycles. The van der Waals surface area contributed by atoms with Gasteiger partial charge in [0.05, 0.1) is 18.5 Å². The van der Waals surface area contributed by atoms with Gasteiger partial charge in [0.1, 0.15) is 18.0 Å². The largest absolute Gasteiger partial charge is 0.492 e. The summed E-state index contributed by atoms with van der Waals surface area (Å²) in [6.45, 7) is 6.24. The second-order valence-corrected chi connectivity index (χ2v) is 11.4. The lowest BCUT2D eigenvalue weighted by molar-refractivity contribution is 0.191. The van der Waals surface area contributed by atoms with Gasteiger partial charge in [0, 0.05) is 63.2 Å². The smallest absolute Gasteiger partial charge is 0.232 e. The highest BCUT2D eigenvalue weighted by Gasteiger charge is 2.16. The van der Waals surface area contributed by atoms with E-state index in [2.05, 4.69) is 20.5 Å². The first-order valence-corrected chi connectivity index (χ1v) is 14.5. The summed E-state index contributed by atoms with van der Waals surface area (Å²) in [4.78, 5) is 11.6. The van der Waals surface area contributed by atoms with Crippen LogP contribution in [-0.4, -0.2) is 80.5 Å². The molecule has 0 saturated carbocycles. The Kier molecular flexibility index (Phi) is 7.77. The maximum atomic E-state index is 12.1. The number of anilines is 3. The number of nitrogens with zero attached hydrogens (tertiary/aromatic N) is 5. The fraction of sp³-hybridized carbons (Fsp3) is 0.333. The number of ether oxygens (including phenoxy) is 1. The van der Waals surface area contributed by atoms with Crippen molar-refractivity contribution in [1.29, 1.82) is 0 Å². The Bertz CT molecular complexity index is 1480. The van der Waals surface area contributed by atoms with Crippen LogP contribution in [0.1, 0.15) is 5.56 Å². The Morgan fingerprint density at radius 2 is 1.84 bits per heavy atom. The second-order valence-electron chi connectivity index (χ2n) is 9.36. The maximum Gasteiger partial charge on any atom is 0.232 e. The van der Waals surface area contributed by atoms with Gasteiger partial charge in [0.2, 0.25) is 16.0 Å². The normalized spacial score (nSPS) is 14.5. The van der Waals surface area contributed by atoms with Crippen LogP contribution in [0.4, 0.5) is 17.3 Å². The zero-order valence-electron chi connectivity index (χ0n) is 21.7. The zero-order valence-corrected chi connectivity index (χ0v) is 22.5. The molecule has 1 saturated heterocycles. The average Bonchev–Trinajstić information content (AvgIpc) is 3.31. The minimum absolute atomic E-state index is 0.468. The summed E-state index contributed by atoms with van der Waals surface area (Å²) in [5, 5.41) is 7.53.